The molecule has 0 aliphatic carbocycles. The summed E-state index contributed by atoms with van der Waals surface area (Å²) in [4.78, 5) is 13.1. The lowest BCUT2D eigenvalue weighted by Crippen LogP contribution is -2.12. The van der Waals surface area contributed by atoms with Crippen molar-refractivity contribution in [2.24, 2.45) is 0 Å². The van der Waals surface area contributed by atoms with E-state index in [9.17, 15) is 4.79 Å². The topological polar surface area (TPSA) is 29.1 Å². The zero-order valence-corrected chi connectivity index (χ0v) is 12.7. The van der Waals surface area contributed by atoms with Crippen LogP contribution in [0.25, 0.3) is 0 Å². The lowest BCUT2D eigenvalue weighted by atomic mass is 10.1. The first-order valence-electron chi connectivity index (χ1n) is 6.14. The summed E-state index contributed by atoms with van der Waals surface area (Å²) in [5.41, 5.74) is 1.79. The van der Waals surface area contributed by atoms with E-state index in [1.54, 1.807) is 23.9 Å². The van der Waals surface area contributed by atoms with Crippen LogP contribution in [0.3, 0.4) is 0 Å². The number of carbonyl (C=O) groups is 1. The Balaban J connectivity index is 2.00. The van der Waals surface area contributed by atoms with Gasteiger partial charge in [-0.25, -0.2) is 0 Å². The van der Waals surface area contributed by atoms with Crippen LogP contribution in [0, 0.1) is 0 Å². The van der Waals surface area contributed by atoms with Gasteiger partial charge in [-0.3, -0.25) is 4.79 Å². The number of fused-ring (bicyclic) bond motifs is 1. The quantitative estimate of drug-likeness (QED) is 0.784. The van der Waals surface area contributed by atoms with Crippen molar-refractivity contribution in [2.75, 3.05) is 5.32 Å². The molecule has 0 saturated heterocycles. The van der Waals surface area contributed by atoms with Gasteiger partial charge in [0.25, 0.3) is 0 Å². The third-order valence-electron chi connectivity index (χ3n) is 3.11. The van der Waals surface area contributed by atoms with Crippen molar-refractivity contribution < 1.29 is 4.79 Å². The largest absolute Gasteiger partial charge is 0.325 e. The van der Waals surface area contributed by atoms with Gasteiger partial charge < -0.3 is 5.32 Å². The molecule has 1 aliphatic heterocycles. The Morgan fingerprint density at radius 1 is 1.15 bits per heavy atom. The number of hydrogen-bond donors (Lipinski definition) is 1. The minimum absolute atomic E-state index is 0.00142. The number of hydrogen-bond acceptors (Lipinski definition) is 2. The lowest BCUT2D eigenvalue weighted by molar-refractivity contribution is -0.116. The lowest BCUT2D eigenvalue weighted by Gasteiger charge is -2.15. The van der Waals surface area contributed by atoms with Gasteiger partial charge in [-0.1, -0.05) is 41.4 Å². The number of amides is 1. The maximum atomic E-state index is 12.0. The molecule has 0 unspecified atom stereocenters. The number of nitrogens with one attached hydrogen (secondary N) is 1. The van der Waals surface area contributed by atoms with Crippen LogP contribution in [0.5, 0.6) is 0 Å². The summed E-state index contributed by atoms with van der Waals surface area (Å²) in [6.45, 7) is 0. The van der Waals surface area contributed by atoms with E-state index >= 15 is 0 Å². The van der Waals surface area contributed by atoms with Crippen molar-refractivity contribution in [1.82, 2.24) is 0 Å². The monoisotopic (exact) mass is 323 g/mol. The van der Waals surface area contributed by atoms with Gasteiger partial charge in [0.1, 0.15) is 0 Å². The average Bonchev–Trinajstić information content (AvgIpc) is 2.56. The normalized spacial score (nSPS) is 18.1. The summed E-state index contributed by atoms with van der Waals surface area (Å²) in [7, 11) is 0. The molecule has 5 heteroatoms. The summed E-state index contributed by atoms with van der Waals surface area (Å²) in [6.07, 6.45) is 0.390. The number of rotatable bonds is 1. The summed E-state index contributed by atoms with van der Waals surface area (Å²) < 4.78 is 0. The smallest absolute Gasteiger partial charge is 0.225 e. The average molecular weight is 324 g/mol. The molecule has 1 amide bonds. The molecule has 1 atom stereocenters. The Morgan fingerprint density at radius 3 is 2.75 bits per heavy atom. The Bertz CT molecular complexity index is 675. The second kappa shape index (κ2) is 5.68. The van der Waals surface area contributed by atoms with E-state index in [4.69, 9.17) is 23.2 Å². The van der Waals surface area contributed by atoms with Crippen molar-refractivity contribution in [3.63, 3.8) is 0 Å². The first kappa shape index (κ1) is 13.8. The summed E-state index contributed by atoms with van der Waals surface area (Å²) in [5, 5.41) is 4.11. The van der Waals surface area contributed by atoms with Crippen molar-refractivity contribution in [3.05, 3.63) is 58.1 Å². The highest BCUT2D eigenvalue weighted by Crippen LogP contribution is 2.45. The molecule has 1 heterocycles. The maximum Gasteiger partial charge on any atom is 0.225 e. The second-order valence-corrected chi connectivity index (χ2v) is 6.61. The van der Waals surface area contributed by atoms with E-state index < -0.39 is 0 Å². The van der Waals surface area contributed by atoms with Gasteiger partial charge in [0.2, 0.25) is 5.91 Å². The van der Waals surface area contributed by atoms with Crippen LogP contribution in [0.15, 0.2) is 47.4 Å². The van der Waals surface area contributed by atoms with E-state index in [1.807, 2.05) is 30.3 Å². The van der Waals surface area contributed by atoms with Crippen LogP contribution >= 0.6 is 35.0 Å². The third-order valence-corrected chi connectivity index (χ3v) is 4.99. The number of benzene rings is 2. The third kappa shape index (κ3) is 2.80. The molecule has 0 saturated carbocycles. The van der Waals surface area contributed by atoms with Crippen molar-refractivity contribution in [2.45, 2.75) is 16.6 Å². The van der Waals surface area contributed by atoms with Gasteiger partial charge in [-0.05, 0) is 29.8 Å². The fraction of sp³-hybridized carbons (Fsp3) is 0.133. The van der Waals surface area contributed by atoms with E-state index in [0.29, 0.717) is 16.5 Å². The van der Waals surface area contributed by atoms with Crippen LogP contribution in [0.2, 0.25) is 10.0 Å². The van der Waals surface area contributed by atoms with Crippen LogP contribution < -0.4 is 5.32 Å². The molecule has 2 aromatic rings. The van der Waals surface area contributed by atoms with E-state index in [1.165, 1.54) is 0 Å². The second-order valence-electron chi connectivity index (χ2n) is 4.52. The molecule has 0 fully saturated rings. The summed E-state index contributed by atoms with van der Waals surface area (Å²) >= 11 is 13.8. The molecular weight excluding hydrogens is 313 g/mol. The van der Waals surface area contributed by atoms with Crippen LogP contribution in [-0.4, -0.2) is 5.91 Å². The molecular formula is C15H11Cl2NOS. The van der Waals surface area contributed by atoms with E-state index in [2.05, 4.69) is 5.32 Å². The Kier molecular flexibility index (Phi) is 3.92. The number of anilines is 1. The zero-order chi connectivity index (χ0) is 14.1. The predicted octanol–water partition coefficient (Wildman–Crippen LogP) is 5.17. The van der Waals surface area contributed by atoms with Crippen LogP contribution in [-0.2, 0) is 4.79 Å². The molecule has 0 aromatic heterocycles. The van der Waals surface area contributed by atoms with Crippen molar-refractivity contribution in [3.8, 4) is 0 Å². The van der Waals surface area contributed by atoms with Gasteiger partial charge in [-0.2, -0.15) is 0 Å². The molecule has 0 spiro atoms. The number of para-hydroxylation sites is 1. The van der Waals surface area contributed by atoms with Crippen molar-refractivity contribution >= 4 is 46.6 Å². The molecule has 1 N–H and O–H groups in total. The highest BCUT2D eigenvalue weighted by molar-refractivity contribution is 7.99. The SMILES string of the molecule is O=C1C[C@@H](c2ccc(Cl)cc2Cl)Sc2ccccc2N1. The summed E-state index contributed by atoms with van der Waals surface area (Å²) in [5.74, 6) is -0.00142. The Morgan fingerprint density at radius 2 is 1.95 bits per heavy atom. The van der Waals surface area contributed by atoms with Gasteiger partial charge in [-0.15, -0.1) is 11.8 Å². The van der Waals surface area contributed by atoms with Crippen LogP contribution in [0.4, 0.5) is 5.69 Å². The maximum absolute atomic E-state index is 12.0. The minimum atomic E-state index is -0.0107. The highest BCUT2D eigenvalue weighted by Gasteiger charge is 2.24. The van der Waals surface area contributed by atoms with Crippen molar-refractivity contribution in [1.29, 1.82) is 0 Å². The molecule has 20 heavy (non-hydrogen) atoms. The highest BCUT2D eigenvalue weighted by atomic mass is 35.5. The Hall–Kier alpha value is -1.16. The molecule has 0 bridgehead atoms. The molecule has 2 nitrogen and oxygen atoms in total. The Labute approximate surface area is 131 Å². The molecule has 3 rings (SSSR count). The van der Waals surface area contributed by atoms with Gasteiger partial charge in [0.05, 0.1) is 5.69 Å². The van der Waals surface area contributed by atoms with Gasteiger partial charge in [0, 0.05) is 26.6 Å². The van der Waals surface area contributed by atoms with Gasteiger partial charge in [0.15, 0.2) is 0 Å². The first-order valence-corrected chi connectivity index (χ1v) is 7.77. The molecule has 1 aliphatic rings. The van der Waals surface area contributed by atoms with E-state index in [-0.39, 0.29) is 11.2 Å². The minimum Gasteiger partial charge on any atom is -0.325 e. The first-order chi connectivity index (χ1) is 9.63. The molecule has 0 radical (unpaired) electrons. The molecule has 2 aromatic carbocycles. The van der Waals surface area contributed by atoms with Gasteiger partial charge >= 0.3 is 0 Å². The number of carbonyl (C=O) groups excluding carboxylic acids is 1. The number of halogens is 2. The van der Waals surface area contributed by atoms with E-state index in [0.717, 1.165) is 16.1 Å². The standard InChI is InChI=1S/C15H11Cl2NOS/c16-9-5-6-10(11(17)7-9)14-8-15(19)18-12-3-1-2-4-13(12)20-14/h1-7,14H,8H2,(H,18,19)/t14-/m0/s1. The fourth-order valence-corrected chi connectivity index (χ4v) is 4.06. The fourth-order valence-electron chi connectivity index (χ4n) is 2.17. The molecule has 102 valence electrons. The predicted molar refractivity (Wildman–Crippen MR) is 84.7 cm³/mol. The summed E-state index contributed by atoms with van der Waals surface area (Å²) in [6, 6.07) is 13.2. The number of thioether (sulfide) groups is 1. The zero-order valence-electron chi connectivity index (χ0n) is 10.4. The van der Waals surface area contributed by atoms with Crippen LogP contribution in [0.1, 0.15) is 17.2 Å².